The smallest absolute Gasteiger partial charge is 0.242 e. The van der Waals surface area contributed by atoms with Crippen LogP contribution >= 0.6 is 0 Å². The largest absolute Gasteiger partial charge is 0.357 e. The van der Waals surface area contributed by atoms with Crippen molar-refractivity contribution in [2.45, 2.75) is 19.5 Å². The molecule has 0 aromatic heterocycles. The average Bonchev–Trinajstić information content (AvgIpc) is 2.51. The second kappa shape index (κ2) is 8.07. The Balaban J connectivity index is 2.99. The topological polar surface area (TPSA) is 86.8 Å². The molecule has 0 aliphatic carbocycles. The normalized spacial score (nSPS) is 12.7. The van der Waals surface area contributed by atoms with E-state index < -0.39 is 22.0 Å². The van der Waals surface area contributed by atoms with Gasteiger partial charge >= 0.3 is 0 Å². The third-order valence-corrected chi connectivity index (χ3v) is 4.79. The van der Waals surface area contributed by atoms with Gasteiger partial charge in [0, 0.05) is 20.6 Å². The molecule has 1 N–H and O–H groups in total. The summed E-state index contributed by atoms with van der Waals surface area (Å²) in [6.45, 7) is 1.53. The summed E-state index contributed by atoms with van der Waals surface area (Å²) in [5.41, 5.74) is 0.860. The van der Waals surface area contributed by atoms with Gasteiger partial charge in [0.1, 0.15) is 6.04 Å². The summed E-state index contributed by atoms with van der Waals surface area (Å²) < 4.78 is 23.9. The molecule has 1 rings (SSSR count). The van der Waals surface area contributed by atoms with Gasteiger partial charge in [-0.15, -0.1) is 0 Å². The Morgan fingerprint density at radius 1 is 1.22 bits per heavy atom. The van der Waals surface area contributed by atoms with E-state index >= 15 is 0 Å². The van der Waals surface area contributed by atoms with Gasteiger partial charge in [0.25, 0.3) is 0 Å². The van der Waals surface area contributed by atoms with Crippen LogP contribution in [0.4, 0.5) is 0 Å². The lowest BCUT2D eigenvalue weighted by Gasteiger charge is -2.29. The summed E-state index contributed by atoms with van der Waals surface area (Å²) in [6, 6.07) is 8.51. The maximum Gasteiger partial charge on any atom is 0.242 e. The lowest BCUT2D eigenvalue weighted by atomic mass is 10.1. The fourth-order valence-corrected chi connectivity index (χ4v) is 2.32. The van der Waals surface area contributed by atoms with Crippen molar-refractivity contribution in [3.05, 3.63) is 35.9 Å². The van der Waals surface area contributed by atoms with Gasteiger partial charge in [-0.2, -0.15) is 4.31 Å². The molecule has 0 radical (unpaired) electrons. The second-order valence-electron chi connectivity index (χ2n) is 5.32. The molecule has 7 nitrogen and oxygen atoms in total. The first kappa shape index (κ1) is 19.1. The lowest BCUT2D eigenvalue weighted by Crippen LogP contribution is -2.50. The first-order valence-corrected chi connectivity index (χ1v) is 8.98. The van der Waals surface area contributed by atoms with Crippen molar-refractivity contribution in [2.75, 3.05) is 26.9 Å². The van der Waals surface area contributed by atoms with Gasteiger partial charge in [-0.25, -0.2) is 8.42 Å². The van der Waals surface area contributed by atoms with Gasteiger partial charge in [0.05, 0.1) is 12.8 Å². The molecule has 0 bridgehead atoms. The number of nitrogens with one attached hydrogen (secondary N) is 1. The first-order valence-electron chi connectivity index (χ1n) is 7.13. The number of benzene rings is 1. The van der Waals surface area contributed by atoms with Gasteiger partial charge in [-0.3, -0.25) is 9.59 Å². The van der Waals surface area contributed by atoms with E-state index in [4.69, 9.17) is 0 Å². The Hall–Kier alpha value is -1.93. The van der Waals surface area contributed by atoms with E-state index in [1.54, 1.807) is 6.92 Å². The van der Waals surface area contributed by atoms with Gasteiger partial charge in [0.2, 0.25) is 21.8 Å². The molecule has 1 aromatic carbocycles. The molecule has 0 saturated carbocycles. The molecule has 23 heavy (non-hydrogen) atoms. The maximum absolute atomic E-state index is 12.5. The molecular formula is C15H23N3O4S. The Labute approximate surface area is 137 Å². The Morgan fingerprint density at radius 2 is 1.78 bits per heavy atom. The van der Waals surface area contributed by atoms with Crippen LogP contribution < -0.4 is 5.32 Å². The minimum Gasteiger partial charge on any atom is -0.357 e. The van der Waals surface area contributed by atoms with Crippen LogP contribution in [0.15, 0.2) is 30.3 Å². The number of amides is 2. The zero-order valence-corrected chi connectivity index (χ0v) is 14.6. The molecule has 8 heteroatoms. The Kier molecular flexibility index (Phi) is 6.71. The van der Waals surface area contributed by atoms with Crippen molar-refractivity contribution >= 4 is 21.8 Å². The third-order valence-electron chi connectivity index (χ3n) is 3.53. The highest BCUT2D eigenvalue weighted by molar-refractivity contribution is 7.88. The zero-order valence-electron chi connectivity index (χ0n) is 13.8. The Bertz CT molecular complexity index is 646. The number of carbonyl (C=O) groups is 2. The SMILES string of the molecule is CNC(=O)[C@H](C)N(Cc1ccccc1)C(=O)CN(C)S(C)(=O)=O. The van der Waals surface area contributed by atoms with Crippen molar-refractivity contribution in [3.63, 3.8) is 0 Å². The molecular weight excluding hydrogens is 318 g/mol. The molecule has 1 atom stereocenters. The monoisotopic (exact) mass is 341 g/mol. The summed E-state index contributed by atoms with van der Waals surface area (Å²) >= 11 is 0. The molecule has 0 aliphatic rings. The highest BCUT2D eigenvalue weighted by atomic mass is 32.2. The fraction of sp³-hybridized carbons (Fsp3) is 0.467. The summed E-state index contributed by atoms with van der Waals surface area (Å²) in [6.07, 6.45) is 1.03. The standard InChI is InChI=1S/C15H23N3O4S/c1-12(15(20)16-2)18(10-13-8-6-5-7-9-13)14(19)11-17(3)23(4,21)22/h5-9,12H,10-11H2,1-4H3,(H,16,20)/t12-/m0/s1. The third kappa shape index (κ3) is 5.65. The van der Waals surface area contributed by atoms with Crippen LogP contribution in [0.2, 0.25) is 0 Å². The van der Waals surface area contributed by atoms with Crippen molar-refractivity contribution in [3.8, 4) is 0 Å². The Morgan fingerprint density at radius 3 is 2.26 bits per heavy atom. The van der Waals surface area contributed by atoms with Crippen LogP contribution in [0.1, 0.15) is 12.5 Å². The molecule has 0 heterocycles. The number of likely N-dealkylation sites (N-methyl/N-ethyl adjacent to an activating group) is 2. The first-order chi connectivity index (χ1) is 10.7. The van der Waals surface area contributed by atoms with E-state index in [1.807, 2.05) is 30.3 Å². The number of sulfonamides is 1. The van der Waals surface area contributed by atoms with Crippen molar-refractivity contribution < 1.29 is 18.0 Å². The van der Waals surface area contributed by atoms with Crippen LogP contribution in [-0.4, -0.2) is 62.4 Å². The van der Waals surface area contributed by atoms with E-state index in [9.17, 15) is 18.0 Å². The summed E-state index contributed by atoms with van der Waals surface area (Å²) in [4.78, 5) is 25.8. The molecule has 2 amide bonds. The van der Waals surface area contributed by atoms with Crippen molar-refractivity contribution in [1.29, 1.82) is 0 Å². The second-order valence-corrected chi connectivity index (χ2v) is 7.41. The van der Waals surface area contributed by atoms with E-state index in [2.05, 4.69) is 5.32 Å². The molecule has 0 unspecified atom stereocenters. The van der Waals surface area contributed by atoms with Gasteiger partial charge < -0.3 is 10.2 Å². The summed E-state index contributed by atoms with van der Waals surface area (Å²) in [7, 11) is -0.646. The van der Waals surface area contributed by atoms with Crippen LogP contribution in [0, 0.1) is 0 Å². The molecule has 0 spiro atoms. The highest BCUT2D eigenvalue weighted by Crippen LogP contribution is 2.10. The quantitative estimate of drug-likeness (QED) is 0.759. The van der Waals surface area contributed by atoms with E-state index in [1.165, 1.54) is 19.0 Å². The van der Waals surface area contributed by atoms with Gasteiger partial charge in [-0.05, 0) is 12.5 Å². The molecule has 0 fully saturated rings. The number of rotatable bonds is 7. The molecule has 0 saturated heterocycles. The van der Waals surface area contributed by atoms with Crippen LogP contribution in [-0.2, 0) is 26.2 Å². The molecule has 1 aromatic rings. The maximum atomic E-state index is 12.5. The average molecular weight is 341 g/mol. The predicted octanol–water partition coefficient (Wildman–Crippen LogP) is 0.0411. The van der Waals surface area contributed by atoms with Crippen LogP contribution in [0.3, 0.4) is 0 Å². The summed E-state index contributed by atoms with van der Waals surface area (Å²) in [5, 5.41) is 2.50. The summed E-state index contributed by atoms with van der Waals surface area (Å²) in [5.74, 6) is -0.742. The van der Waals surface area contributed by atoms with E-state index in [0.29, 0.717) is 0 Å². The van der Waals surface area contributed by atoms with Gasteiger partial charge in [0.15, 0.2) is 0 Å². The van der Waals surface area contributed by atoms with Gasteiger partial charge in [-0.1, -0.05) is 30.3 Å². The van der Waals surface area contributed by atoms with Crippen LogP contribution in [0.25, 0.3) is 0 Å². The zero-order chi connectivity index (χ0) is 17.6. The number of hydrogen-bond acceptors (Lipinski definition) is 4. The van der Waals surface area contributed by atoms with E-state index in [-0.39, 0.29) is 19.0 Å². The lowest BCUT2D eigenvalue weighted by molar-refractivity contribution is -0.140. The van der Waals surface area contributed by atoms with Crippen molar-refractivity contribution in [1.82, 2.24) is 14.5 Å². The molecule has 128 valence electrons. The number of nitrogens with zero attached hydrogens (tertiary/aromatic N) is 2. The van der Waals surface area contributed by atoms with Crippen molar-refractivity contribution in [2.24, 2.45) is 0 Å². The fourth-order valence-electron chi connectivity index (χ4n) is 1.97. The van der Waals surface area contributed by atoms with Crippen LogP contribution in [0.5, 0.6) is 0 Å². The minimum absolute atomic E-state index is 0.228. The highest BCUT2D eigenvalue weighted by Gasteiger charge is 2.27. The number of carbonyl (C=O) groups excluding carboxylic acids is 2. The molecule has 0 aliphatic heterocycles. The van der Waals surface area contributed by atoms with E-state index in [0.717, 1.165) is 16.1 Å². The number of hydrogen-bond donors (Lipinski definition) is 1. The predicted molar refractivity (Wildman–Crippen MR) is 88.0 cm³/mol. The minimum atomic E-state index is -3.47.